The van der Waals surface area contributed by atoms with Crippen LogP contribution in [0.25, 0.3) is 28.7 Å². The summed E-state index contributed by atoms with van der Waals surface area (Å²) in [4.78, 5) is 17.8. The van der Waals surface area contributed by atoms with E-state index < -0.39 is 10.0 Å². The molecule has 0 amide bonds. The van der Waals surface area contributed by atoms with Crippen molar-refractivity contribution in [3.05, 3.63) is 100 Å². The van der Waals surface area contributed by atoms with Gasteiger partial charge in [-0.15, -0.1) is 6.42 Å². The zero-order valence-corrected chi connectivity index (χ0v) is 17.1. The molecule has 0 fully saturated rings. The quantitative estimate of drug-likeness (QED) is 0.506. The molecule has 0 aliphatic heterocycles. The molecule has 0 unspecified atom stereocenters. The van der Waals surface area contributed by atoms with Gasteiger partial charge in [0.2, 0.25) is 10.0 Å². The minimum atomic E-state index is -3.93. The van der Waals surface area contributed by atoms with Gasteiger partial charge in [0, 0.05) is 5.56 Å². The van der Waals surface area contributed by atoms with Crippen LogP contribution in [0.1, 0.15) is 17.0 Å². The predicted molar refractivity (Wildman–Crippen MR) is 122 cm³/mol. The topological polar surface area (TPSA) is 95.0 Å². The lowest BCUT2D eigenvalue weighted by molar-refractivity contribution is 0.597. The Bertz CT molecular complexity index is 1530. The number of terminal acetylenes is 1. The SMILES string of the molecule is C#Cc1ccc(/C=C/c2nc3ccccc3c(=O)n2-c2cccc(S(N)(=O)=O)c2)cc1. The second-order valence-corrected chi connectivity index (χ2v) is 8.33. The zero-order chi connectivity index (χ0) is 22.0. The minimum absolute atomic E-state index is 0.0927. The monoisotopic (exact) mass is 427 g/mol. The van der Waals surface area contributed by atoms with Crippen LogP contribution in [0.2, 0.25) is 0 Å². The maximum Gasteiger partial charge on any atom is 0.266 e. The smallest absolute Gasteiger partial charge is 0.266 e. The Morgan fingerprint density at radius 2 is 1.71 bits per heavy atom. The van der Waals surface area contributed by atoms with Crippen LogP contribution >= 0.6 is 0 Å². The third-order valence-electron chi connectivity index (χ3n) is 4.71. The highest BCUT2D eigenvalue weighted by molar-refractivity contribution is 7.89. The maximum absolute atomic E-state index is 13.3. The molecule has 4 aromatic rings. The molecular formula is C24H17N3O3S. The number of primary sulfonamides is 1. The fraction of sp³-hybridized carbons (Fsp3) is 0. The van der Waals surface area contributed by atoms with Crippen molar-refractivity contribution in [2.24, 2.45) is 5.14 Å². The van der Waals surface area contributed by atoms with Crippen molar-refractivity contribution in [2.75, 3.05) is 0 Å². The predicted octanol–water partition coefficient (Wildman–Crippen LogP) is 3.18. The molecule has 1 heterocycles. The van der Waals surface area contributed by atoms with Gasteiger partial charge < -0.3 is 0 Å². The summed E-state index contributed by atoms with van der Waals surface area (Å²) < 4.78 is 25.0. The van der Waals surface area contributed by atoms with Crippen LogP contribution in [-0.2, 0) is 10.0 Å². The van der Waals surface area contributed by atoms with Crippen molar-refractivity contribution in [3.8, 4) is 18.0 Å². The van der Waals surface area contributed by atoms with Crippen LogP contribution in [0, 0.1) is 12.3 Å². The summed E-state index contributed by atoms with van der Waals surface area (Å²) in [7, 11) is -3.93. The van der Waals surface area contributed by atoms with Crippen LogP contribution in [0.15, 0.2) is 82.5 Å². The number of para-hydroxylation sites is 1. The summed E-state index contributed by atoms with van der Waals surface area (Å²) in [5.74, 6) is 2.91. The highest BCUT2D eigenvalue weighted by Gasteiger charge is 2.14. The molecule has 7 heteroatoms. The summed E-state index contributed by atoms with van der Waals surface area (Å²) >= 11 is 0. The molecule has 0 radical (unpaired) electrons. The summed E-state index contributed by atoms with van der Waals surface area (Å²) in [5.41, 5.74) is 2.19. The van der Waals surface area contributed by atoms with Gasteiger partial charge in [0.05, 0.1) is 21.5 Å². The van der Waals surface area contributed by atoms with Crippen LogP contribution < -0.4 is 10.7 Å². The summed E-state index contributed by atoms with van der Waals surface area (Å²) in [5, 5.41) is 5.69. The second kappa shape index (κ2) is 8.03. The molecule has 6 nitrogen and oxygen atoms in total. The Morgan fingerprint density at radius 1 is 0.968 bits per heavy atom. The lowest BCUT2D eigenvalue weighted by Gasteiger charge is -2.12. The lowest BCUT2D eigenvalue weighted by Crippen LogP contribution is -2.23. The number of nitrogens with zero attached hydrogens (tertiary/aromatic N) is 2. The highest BCUT2D eigenvalue weighted by atomic mass is 32.2. The number of hydrogen-bond acceptors (Lipinski definition) is 4. The number of rotatable bonds is 4. The van der Waals surface area contributed by atoms with E-state index in [-0.39, 0.29) is 10.5 Å². The molecule has 0 saturated carbocycles. The summed E-state index contributed by atoms with van der Waals surface area (Å²) in [6.45, 7) is 0. The first-order chi connectivity index (χ1) is 14.9. The average molecular weight is 427 g/mol. The molecular weight excluding hydrogens is 410 g/mol. The zero-order valence-electron chi connectivity index (χ0n) is 16.3. The third-order valence-corrected chi connectivity index (χ3v) is 5.62. The standard InChI is InChI=1S/C24H17N3O3S/c1-2-17-10-12-18(13-11-17)14-15-23-26-22-9-4-3-8-21(22)24(28)27(23)19-6-5-7-20(16-19)31(25,29)30/h1,3-16H,(H2,25,29,30)/b15-14+. The van der Waals surface area contributed by atoms with Gasteiger partial charge >= 0.3 is 0 Å². The first-order valence-corrected chi connectivity index (χ1v) is 10.8. The second-order valence-electron chi connectivity index (χ2n) is 6.77. The van der Waals surface area contributed by atoms with Gasteiger partial charge in [-0.05, 0) is 54.1 Å². The number of hydrogen-bond donors (Lipinski definition) is 1. The summed E-state index contributed by atoms with van der Waals surface area (Å²) in [6, 6.07) is 20.2. The van der Waals surface area contributed by atoms with Crippen molar-refractivity contribution >= 4 is 33.1 Å². The first-order valence-electron chi connectivity index (χ1n) is 9.26. The summed E-state index contributed by atoms with van der Waals surface area (Å²) in [6.07, 6.45) is 8.89. The van der Waals surface area contributed by atoms with Gasteiger partial charge in [0.15, 0.2) is 0 Å². The number of fused-ring (bicyclic) bond motifs is 1. The maximum atomic E-state index is 13.3. The molecule has 1 aromatic heterocycles. The fourth-order valence-corrected chi connectivity index (χ4v) is 3.73. The van der Waals surface area contributed by atoms with E-state index in [0.717, 1.165) is 11.1 Å². The average Bonchev–Trinajstić information content (AvgIpc) is 2.77. The normalized spacial score (nSPS) is 11.6. The van der Waals surface area contributed by atoms with Crippen LogP contribution in [0.5, 0.6) is 0 Å². The van der Waals surface area contributed by atoms with E-state index in [1.54, 1.807) is 42.5 Å². The largest absolute Gasteiger partial charge is 0.268 e. The van der Waals surface area contributed by atoms with Crippen LogP contribution in [-0.4, -0.2) is 18.0 Å². The Labute approximate surface area is 179 Å². The van der Waals surface area contributed by atoms with Crippen molar-refractivity contribution in [2.45, 2.75) is 4.90 Å². The molecule has 0 bridgehead atoms. The highest BCUT2D eigenvalue weighted by Crippen LogP contribution is 2.18. The Hall–Kier alpha value is -3.99. The van der Waals surface area contributed by atoms with Gasteiger partial charge in [-0.3, -0.25) is 9.36 Å². The van der Waals surface area contributed by atoms with E-state index in [1.807, 2.05) is 24.3 Å². The van der Waals surface area contributed by atoms with Gasteiger partial charge in [-0.25, -0.2) is 18.5 Å². The van der Waals surface area contributed by atoms with Crippen molar-refractivity contribution in [1.29, 1.82) is 0 Å². The number of nitrogens with two attached hydrogens (primary N) is 1. The van der Waals surface area contributed by atoms with Gasteiger partial charge in [-0.1, -0.05) is 42.3 Å². The van der Waals surface area contributed by atoms with E-state index in [2.05, 4.69) is 10.9 Å². The molecule has 0 aliphatic carbocycles. The first kappa shape index (κ1) is 20.3. The molecule has 0 saturated heterocycles. The van der Waals surface area contributed by atoms with Gasteiger partial charge in [-0.2, -0.15) is 0 Å². The number of aromatic nitrogens is 2. The lowest BCUT2D eigenvalue weighted by atomic mass is 10.1. The van der Waals surface area contributed by atoms with E-state index >= 15 is 0 Å². The van der Waals surface area contributed by atoms with E-state index in [0.29, 0.717) is 22.4 Å². The minimum Gasteiger partial charge on any atom is -0.268 e. The molecule has 152 valence electrons. The fourth-order valence-electron chi connectivity index (χ4n) is 3.17. The number of sulfonamides is 1. The molecule has 0 spiro atoms. The van der Waals surface area contributed by atoms with Crippen LogP contribution in [0.4, 0.5) is 0 Å². The molecule has 0 atom stereocenters. The van der Waals surface area contributed by atoms with Crippen molar-refractivity contribution < 1.29 is 8.42 Å². The van der Waals surface area contributed by atoms with Gasteiger partial charge in [0.25, 0.3) is 5.56 Å². The van der Waals surface area contributed by atoms with Crippen molar-refractivity contribution in [3.63, 3.8) is 0 Å². The molecule has 4 rings (SSSR count). The Morgan fingerprint density at radius 3 is 2.42 bits per heavy atom. The van der Waals surface area contributed by atoms with E-state index in [9.17, 15) is 13.2 Å². The Balaban J connectivity index is 1.93. The van der Waals surface area contributed by atoms with E-state index in [4.69, 9.17) is 11.6 Å². The Kier molecular flexibility index (Phi) is 5.26. The molecule has 0 aliphatic rings. The van der Waals surface area contributed by atoms with E-state index in [1.165, 1.54) is 22.8 Å². The van der Waals surface area contributed by atoms with Crippen LogP contribution in [0.3, 0.4) is 0 Å². The molecule has 31 heavy (non-hydrogen) atoms. The molecule has 2 N–H and O–H groups in total. The molecule has 3 aromatic carbocycles. The number of benzene rings is 3. The van der Waals surface area contributed by atoms with Gasteiger partial charge in [0.1, 0.15) is 5.82 Å². The van der Waals surface area contributed by atoms with Crippen molar-refractivity contribution in [1.82, 2.24) is 9.55 Å². The third kappa shape index (κ3) is 4.16.